The Morgan fingerprint density at radius 1 is 1.13 bits per heavy atom. The molecular formula is C24H23N3O4. The number of nitrogens with zero attached hydrogens (tertiary/aromatic N) is 2. The minimum atomic E-state index is -1.02. The van der Waals surface area contributed by atoms with Crippen LogP contribution in [0.2, 0.25) is 0 Å². The van der Waals surface area contributed by atoms with Gasteiger partial charge in [-0.15, -0.1) is 0 Å². The first-order valence-electron chi connectivity index (χ1n) is 9.66. The number of hydrogen-bond acceptors (Lipinski definition) is 4. The molecule has 0 atom stereocenters. The molecule has 1 aromatic heterocycles. The predicted molar refractivity (Wildman–Crippen MR) is 116 cm³/mol. The van der Waals surface area contributed by atoms with Crippen molar-refractivity contribution >= 4 is 12.1 Å². The number of hydrogen-bond donors (Lipinski definition) is 2. The summed E-state index contributed by atoms with van der Waals surface area (Å²) in [6, 6.07) is 13.9. The monoisotopic (exact) mass is 417 g/mol. The number of rotatable bonds is 4. The predicted octanol–water partition coefficient (Wildman–Crippen LogP) is 4.00. The molecule has 31 heavy (non-hydrogen) atoms. The third-order valence-corrected chi connectivity index (χ3v) is 4.13. The third kappa shape index (κ3) is 6.21. The lowest BCUT2D eigenvalue weighted by molar-refractivity contribution is 0.0523. The van der Waals surface area contributed by atoms with E-state index in [1.807, 2.05) is 45.0 Å². The van der Waals surface area contributed by atoms with Gasteiger partial charge < -0.3 is 15.2 Å². The van der Waals surface area contributed by atoms with Crippen molar-refractivity contribution in [3.05, 3.63) is 83.2 Å². The smallest absolute Gasteiger partial charge is 0.407 e. The summed E-state index contributed by atoms with van der Waals surface area (Å²) < 4.78 is 6.86. The Hall–Kier alpha value is -4.05. The van der Waals surface area contributed by atoms with E-state index in [1.165, 1.54) is 12.1 Å². The number of carbonyl (C=O) groups is 2. The lowest BCUT2D eigenvalue weighted by Crippen LogP contribution is -2.32. The molecule has 3 aromatic rings. The number of alkyl carbamates (subject to hydrolysis) is 1. The molecule has 2 aromatic carbocycles. The molecule has 158 valence electrons. The first kappa shape index (κ1) is 21.7. The molecule has 0 unspecified atom stereocenters. The second kappa shape index (κ2) is 9.18. The van der Waals surface area contributed by atoms with Gasteiger partial charge in [0.15, 0.2) is 0 Å². The standard InChI is InChI=1S/C24H23N3O4/c1-24(2,3)31-23(30)25-16-18-7-5-17(6-8-18)9-10-19-15-20(22(28)29)11-12-21(19)27-14-4-13-26-27/h4-8,11-15H,16H2,1-3H3,(H,25,30)(H,28,29). The third-order valence-electron chi connectivity index (χ3n) is 4.13. The minimum Gasteiger partial charge on any atom is -0.478 e. The second-order valence-corrected chi connectivity index (χ2v) is 7.79. The maximum Gasteiger partial charge on any atom is 0.407 e. The highest BCUT2D eigenvalue weighted by atomic mass is 16.6. The number of carboxylic acids is 1. The highest BCUT2D eigenvalue weighted by molar-refractivity contribution is 5.88. The molecule has 0 radical (unpaired) electrons. The summed E-state index contributed by atoms with van der Waals surface area (Å²) in [6.45, 7) is 5.77. The molecule has 2 N–H and O–H groups in total. The number of nitrogens with one attached hydrogen (secondary N) is 1. The van der Waals surface area contributed by atoms with Gasteiger partial charge in [-0.25, -0.2) is 14.3 Å². The molecule has 0 spiro atoms. The number of carbonyl (C=O) groups excluding carboxylic acids is 1. The molecule has 1 heterocycles. The Morgan fingerprint density at radius 3 is 2.48 bits per heavy atom. The van der Waals surface area contributed by atoms with E-state index in [0.717, 1.165) is 11.1 Å². The Labute approximate surface area is 180 Å². The topological polar surface area (TPSA) is 93.5 Å². The van der Waals surface area contributed by atoms with Crippen LogP contribution >= 0.6 is 0 Å². The molecule has 3 rings (SSSR count). The summed E-state index contributed by atoms with van der Waals surface area (Å²) in [6.07, 6.45) is 2.94. The molecule has 0 aliphatic carbocycles. The largest absolute Gasteiger partial charge is 0.478 e. The summed E-state index contributed by atoms with van der Waals surface area (Å²) in [5, 5.41) is 16.2. The van der Waals surface area contributed by atoms with Crippen molar-refractivity contribution in [2.75, 3.05) is 0 Å². The fourth-order valence-electron chi connectivity index (χ4n) is 2.71. The highest BCUT2D eigenvalue weighted by Crippen LogP contribution is 2.16. The van der Waals surface area contributed by atoms with Gasteiger partial charge in [-0.1, -0.05) is 24.0 Å². The zero-order chi connectivity index (χ0) is 22.4. The summed E-state index contributed by atoms with van der Waals surface area (Å²) in [7, 11) is 0. The van der Waals surface area contributed by atoms with Gasteiger partial charge in [-0.2, -0.15) is 5.10 Å². The molecule has 0 saturated heterocycles. The van der Waals surface area contributed by atoms with Crippen molar-refractivity contribution in [1.29, 1.82) is 0 Å². The van der Waals surface area contributed by atoms with E-state index in [0.29, 0.717) is 17.8 Å². The molecule has 1 amide bonds. The van der Waals surface area contributed by atoms with Crippen LogP contribution in [0.5, 0.6) is 0 Å². The summed E-state index contributed by atoms with van der Waals surface area (Å²) in [5.41, 5.74) is 2.52. The van der Waals surface area contributed by atoms with Crippen LogP contribution in [-0.4, -0.2) is 32.6 Å². The van der Waals surface area contributed by atoms with Gasteiger partial charge in [0, 0.05) is 24.5 Å². The summed E-state index contributed by atoms with van der Waals surface area (Å²) >= 11 is 0. The molecule has 0 aliphatic rings. The maximum atomic E-state index is 11.8. The van der Waals surface area contributed by atoms with Gasteiger partial charge in [0.2, 0.25) is 0 Å². The zero-order valence-electron chi connectivity index (χ0n) is 17.5. The Morgan fingerprint density at radius 2 is 1.87 bits per heavy atom. The summed E-state index contributed by atoms with van der Waals surface area (Å²) in [4.78, 5) is 23.1. The molecule has 0 saturated carbocycles. The van der Waals surface area contributed by atoms with E-state index in [4.69, 9.17) is 4.74 Å². The van der Waals surface area contributed by atoms with Gasteiger partial charge in [0.1, 0.15) is 5.60 Å². The molecule has 0 bridgehead atoms. The first-order chi connectivity index (χ1) is 14.7. The van der Waals surface area contributed by atoms with Crippen LogP contribution in [0.4, 0.5) is 4.79 Å². The van der Waals surface area contributed by atoms with E-state index < -0.39 is 17.7 Å². The van der Waals surface area contributed by atoms with E-state index >= 15 is 0 Å². The fourth-order valence-corrected chi connectivity index (χ4v) is 2.71. The normalized spacial score (nSPS) is 10.7. The van der Waals surface area contributed by atoms with Gasteiger partial charge in [0.05, 0.1) is 16.8 Å². The fraction of sp³-hybridized carbons (Fsp3) is 0.208. The van der Waals surface area contributed by atoms with Gasteiger partial charge in [-0.3, -0.25) is 0 Å². The average molecular weight is 417 g/mol. The number of aromatic nitrogens is 2. The number of ether oxygens (including phenoxy) is 1. The average Bonchev–Trinajstić information content (AvgIpc) is 3.24. The van der Waals surface area contributed by atoms with Crippen LogP contribution in [0.1, 0.15) is 47.8 Å². The van der Waals surface area contributed by atoms with Crippen molar-refractivity contribution in [2.45, 2.75) is 32.9 Å². The van der Waals surface area contributed by atoms with Crippen LogP contribution in [0.15, 0.2) is 60.9 Å². The van der Waals surface area contributed by atoms with Crippen molar-refractivity contribution in [3.8, 4) is 17.5 Å². The molecular weight excluding hydrogens is 394 g/mol. The van der Waals surface area contributed by atoms with Crippen molar-refractivity contribution < 1.29 is 19.4 Å². The van der Waals surface area contributed by atoms with E-state index in [1.54, 1.807) is 29.2 Å². The van der Waals surface area contributed by atoms with Crippen LogP contribution in [0.25, 0.3) is 5.69 Å². The molecule has 7 nitrogen and oxygen atoms in total. The van der Waals surface area contributed by atoms with Gasteiger partial charge in [-0.05, 0) is 62.7 Å². The Bertz CT molecular complexity index is 1130. The lowest BCUT2D eigenvalue weighted by atomic mass is 10.1. The van der Waals surface area contributed by atoms with E-state index in [9.17, 15) is 14.7 Å². The van der Waals surface area contributed by atoms with Crippen molar-refractivity contribution in [2.24, 2.45) is 0 Å². The minimum absolute atomic E-state index is 0.156. The first-order valence-corrected chi connectivity index (χ1v) is 9.66. The van der Waals surface area contributed by atoms with Crippen LogP contribution in [0.3, 0.4) is 0 Å². The number of aromatic carboxylic acids is 1. The van der Waals surface area contributed by atoms with Crippen LogP contribution in [0, 0.1) is 11.8 Å². The lowest BCUT2D eigenvalue weighted by Gasteiger charge is -2.19. The van der Waals surface area contributed by atoms with Crippen LogP contribution < -0.4 is 5.32 Å². The maximum absolute atomic E-state index is 11.8. The Balaban J connectivity index is 1.75. The Kier molecular flexibility index (Phi) is 6.41. The van der Waals surface area contributed by atoms with E-state index in [2.05, 4.69) is 22.3 Å². The van der Waals surface area contributed by atoms with Gasteiger partial charge in [0.25, 0.3) is 0 Å². The SMILES string of the molecule is CC(C)(C)OC(=O)NCc1ccc(C#Cc2cc(C(=O)O)ccc2-n2cccn2)cc1. The van der Waals surface area contributed by atoms with E-state index in [-0.39, 0.29) is 5.56 Å². The van der Waals surface area contributed by atoms with Crippen LogP contribution in [-0.2, 0) is 11.3 Å². The molecule has 7 heteroatoms. The second-order valence-electron chi connectivity index (χ2n) is 7.79. The van der Waals surface area contributed by atoms with Gasteiger partial charge >= 0.3 is 12.1 Å². The molecule has 0 fully saturated rings. The van der Waals surface area contributed by atoms with Crippen molar-refractivity contribution in [1.82, 2.24) is 15.1 Å². The number of amides is 1. The molecule has 0 aliphatic heterocycles. The zero-order valence-corrected chi connectivity index (χ0v) is 17.5. The summed E-state index contributed by atoms with van der Waals surface area (Å²) in [5.74, 6) is 5.08. The number of benzene rings is 2. The quantitative estimate of drug-likeness (QED) is 0.626. The van der Waals surface area contributed by atoms with Crippen molar-refractivity contribution in [3.63, 3.8) is 0 Å². The highest BCUT2D eigenvalue weighted by Gasteiger charge is 2.15. The number of carboxylic acid groups (broad SMARTS) is 1.